The number of carbonyl (C=O) groups is 1. The summed E-state index contributed by atoms with van der Waals surface area (Å²) in [7, 11) is 0. The molecule has 1 amide bonds. The Morgan fingerprint density at radius 2 is 1.88 bits per heavy atom. The molecule has 4 aromatic heterocycles. The number of amides is 1. The third kappa shape index (κ3) is 6.23. The van der Waals surface area contributed by atoms with E-state index in [0.29, 0.717) is 45.3 Å². The second kappa shape index (κ2) is 13.3. The predicted molar refractivity (Wildman–Crippen MR) is 185 cm³/mol. The van der Waals surface area contributed by atoms with Crippen LogP contribution >= 0.6 is 0 Å². The van der Waals surface area contributed by atoms with Crippen LogP contribution in [0, 0.1) is 18.8 Å². The summed E-state index contributed by atoms with van der Waals surface area (Å²) in [6.45, 7) is 7.38. The van der Waals surface area contributed by atoms with Crippen molar-refractivity contribution in [3.8, 4) is 17.5 Å². The zero-order chi connectivity index (χ0) is 33.2. The van der Waals surface area contributed by atoms with Gasteiger partial charge in [-0.05, 0) is 75.5 Å². The largest absolute Gasteiger partial charge is 0.344 e. The molecular weight excluding hydrogens is 602 g/mol. The fourth-order valence-corrected chi connectivity index (χ4v) is 6.36. The summed E-state index contributed by atoms with van der Waals surface area (Å²) in [4.78, 5) is 34.8. The number of nitrogens with two attached hydrogens (primary N) is 1. The molecule has 0 aliphatic carbocycles. The Bertz CT molecular complexity index is 2230. The lowest BCUT2D eigenvalue weighted by atomic mass is 10.0. The first-order valence-electron chi connectivity index (χ1n) is 16.2. The Hall–Kier alpha value is -5.57. The molecule has 0 bridgehead atoms. The number of aromatic nitrogens is 6. The van der Waals surface area contributed by atoms with Gasteiger partial charge in [0.2, 0.25) is 0 Å². The third-order valence-electron chi connectivity index (χ3n) is 8.93. The normalized spacial score (nSPS) is 14.6. The molecular formula is C37H37N9O2. The molecule has 48 heavy (non-hydrogen) atoms. The van der Waals surface area contributed by atoms with Crippen LogP contribution < -0.4 is 16.6 Å². The Morgan fingerprint density at radius 1 is 1.06 bits per heavy atom. The first kappa shape index (κ1) is 31.1. The van der Waals surface area contributed by atoms with E-state index >= 15 is 0 Å². The van der Waals surface area contributed by atoms with E-state index in [1.165, 1.54) is 0 Å². The molecule has 1 fully saturated rings. The first-order chi connectivity index (χ1) is 23.4. The van der Waals surface area contributed by atoms with Gasteiger partial charge < -0.3 is 16.0 Å². The van der Waals surface area contributed by atoms with Crippen LogP contribution in [0.5, 0.6) is 0 Å². The first-order valence-corrected chi connectivity index (χ1v) is 16.2. The molecule has 1 atom stereocenters. The molecule has 11 nitrogen and oxygen atoms in total. The summed E-state index contributed by atoms with van der Waals surface area (Å²) < 4.78 is 5.16. The predicted octanol–water partition coefficient (Wildman–Crippen LogP) is 3.85. The number of nitrogens with zero attached hydrogens (tertiary/aromatic N) is 7. The summed E-state index contributed by atoms with van der Waals surface area (Å²) in [6, 6.07) is 18.6. The van der Waals surface area contributed by atoms with Crippen molar-refractivity contribution in [1.29, 1.82) is 0 Å². The number of para-hydroxylation sites is 1. The van der Waals surface area contributed by atoms with Gasteiger partial charge in [0.1, 0.15) is 5.56 Å². The summed E-state index contributed by atoms with van der Waals surface area (Å²) in [6.07, 6.45) is 9.15. The maximum Gasteiger partial charge on any atom is 0.264 e. The molecule has 1 aliphatic heterocycles. The SMILES string of the molecule is Cc1nn2cccnc2c1C(=O)N[C@H](C)c1cc2cccc(C#Cc3cnn(CCN4CCC(N)CC4)c3)c2c(=O)n1-c1ccccc1. The van der Waals surface area contributed by atoms with Gasteiger partial charge in [-0.15, -0.1) is 0 Å². The smallest absolute Gasteiger partial charge is 0.264 e. The Balaban J connectivity index is 1.20. The summed E-state index contributed by atoms with van der Waals surface area (Å²) in [5, 5.41) is 13.3. The van der Waals surface area contributed by atoms with E-state index in [1.807, 2.05) is 72.4 Å². The van der Waals surface area contributed by atoms with Crippen LogP contribution in [0.4, 0.5) is 0 Å². The van der Waals surface area contributed by atoms with Crippen LogP contribution in [0.15, 0.2) is 90.2 Å². The minimum Gasteiger partial charge on any atom is -0.344 e. The molecule has 3 N–H and O–H groups in total. The number of rotatable bonds is 7. The van der Waals surface area contributed by atoms with Gasteiger partial charge in [0.25, 0.3) is 11.5 Å². The van der Waals surface area contributed by atoms with Gasteiger partial charge >= 0.3 is 0 Å². The molecule has 6 aromatic rings. The fraction of sp³-hybridized carbons (Fsp3) is 0.270. The number of hydrogen-bond acceptors (Lipinski definition) is 7. The van der Waals surface area contributed by atoms with Gasteiger partial charge in [0.05, 0.1) is 35.4 Å². The van der Waals surface area contributed by atoms with Gasteiger partial charge in [0.15, 0.2) is 5.65 Å². The molecule has 2 aromatic carbocycles. The molecule has 1 aliphatic rings. The summed E-state index contributed by atoms with van der Waals surface area (Å²) in [5.41, 5.74) is 9.99. The van der Waals surface area contributed by atoms with Crippen molar-refractivity contribution in [2.45, 2.75) is 45.3 Å². The van der Waals surface area contributed by atoms with E-state index in [2.05, 4.69) is 37.2 Å². The highest BCUT2D eigenvalue weighted by Gasteiger charge is 2.23. The van der Waals surface area contributed by atoms with Crippen molar-refractivity contribution in [3.63, 3.8) is 0 Å². The number of pyridine rings is 1. The van der Waals surface area contributed by atoms with E-state index in [1.54, 1.807) is 40.7 Å². The van der Waals surface area contributed by atoms with Crippen molar-refractivity contribution in [3.05, 3.63) is 124 Å². The lowest BCUT2D eigenvalue weighted by molar-refractivity contribution is 0.0939. The van der Waals surface area contributed by atoms with Crippen LogP contribution in [0.3, 0.4) is 0 Å². The second-order valence-corrected chi connectivity index (χ2v) is 12.3. The van der Waals surface area contributed by atoms with Crippen molar-refractivity contribution < 1.29 is 4.79 Å². The van der Waals surface area contributed by atoms with Crippen molar-refractivity contribution in [2.75, 3.05) is 19.6 Å². The number of hydrogen-bond donors (Lipinski definition) is 2. The van der Waals surface area contributed by atoms with E-state index in [-0.39, 0.29) is 11.5 Å². The molecule has 1 saturated heterocycles. The average Bonchev–Trinajstić information content (AvgIpc) is 3.70. The average molecular weight is 640 g/mol. The third-order valence-corrected chi connectivity index (χ3v) is 8.93. The highest BCUT2D eigenvalue weighted by Crippen LogP contribution is 2.24. The number of aryl methyl sites for hydroxylation is 1. The number of nitrogens with one attached hydrogen (secondary N) is 1. The summed E-state index contributed by atoms with van der Waals surface area (Å²) >= 11 is 0. The molecule has 11 heteroatoms. The topological polar surface area (TPSA) is 128 Å². The maximum absolute atomic E-state index is 14.4. The lowest BCUT2D eigenvalue weighted by Crippen LogP contribution is -2.40. The van der Waals surface area contributed by atoms with E-state index < -0.39 is 6.04 Å². The Kier molecular flexibility index (Phi) is 8.59. The zero-order valence-corrected chi connectivity index (χ0v) is 27.0. The standard InChI is InChI=1S/C37H37N9O2/c1-25(41-36(47)33-26(2)42-45-17-7-16-39-35(33)45)32-22-29-9-6-8-28(34(29)37(48)46(32)31-10-4-3-5-11-31)13-12-27-23-40-44(24-27)21-20-43-18-14-30(38)15-19-43/h3-11,16-17,22-25,30H,14-15,18-21,38H2,1-2H3,(H,41,47)/t25-/m1/s1. The van der Waals surface area contributed by atoms with Gasteiger partial charge in [-0.25, -0.2) is 9.50 Å². The van der Waals surface area contributed by atoms with Gasteiger partial charge in [-0.1, -0.05) is 42.2 Å². The fourth-order valence-electron chi connectivity index (χ4n) is 6.36. The minimum absolute atomic E-state index is 0.217. The second-order valence-electron chi connectivity index (χ2n) is 12.3. The molecule has 7 rings (SSSR count). The van der Waals surface area contributed by atoms with Crippen molar-refractivity contribution in [2.24, 2.45) is 5.73 Å². The van der Waals surface area contributed by atoms with E-state index in [0.717, 1.165) is 50.0 Å². The number of likely N-dealkylation sites (tertiary alicyclic amines) is 1. The van der Waals surface area contributed by atoms with Gasteiger partial charge in [-0.2, -0.15) is 10.2 Å². The highest BCUT2D eigenvalue weighted by atomic mass is 16.2. The van der Waals surface area contributed by atoms with Gasteiger partial charge in [-0.3, -0.25) is 18.8 Å². The van der Waals surface area contributed by atoms with Crippen LogP contribution in [0.1, 0.15) is 58.7 Å². The van der Waals surface area contributed by atoms with Crippen molar-refractivity contribution >= 4 is 22.3 Å². The number of carbonyl (C=O) groups excluding carboxylic acids is 1. The monoisotopic (exact) mass is 639 g/mol. The van der Waals surface area contributed by atoms with E-state index in [9.17, 15) is 9.59 Å². The van der Waals surface area contributed by atoms with Crippen molar-refractivity contribution in [1.82, 2.24) is 39.2 Å². The molecule has 5 heterocycles. The van der Waals surface area contributed by atoms with Crippen LogP contribution in [-0.4, -0.2) is 65.4 Å². The Morgan fingerprint density at radius 3 is 2.69 bits per heavy atom. The highest BCUT2D eigenvalue weighted by molar-refractivity contribution is 6.01. The number of benzene rings is 2. The summed E-state index contributed by atoms with van der Waals surface area (Å²) in [5.74, 6) is 6.14. The van der Waals surface area contributed by atoms with E-state index in [4.69, 9.17) is 5.73 Å². The minimum atomic E-state index is -0.532. The van der Waals surface area contributed by atoms with Crippen LogP contribution in [-0.2, 0) is 6.54 Å². The van der Waals surface area contributed by atoms with Crippen LogP contribution in [0.25, 0.3) is 22.1 Å². The molecule has 0 unspecified atom stereocenters. The number of fused-ring (bicyclic) bond motifs is 2. The molecule has 0 radical (unpaired) electrons. The molecule has 242 valence electrons. The molecule has 0 spiro atoms. The zero-order valence-electron chi connectivity index (χ0n) is 27.0. The Labute approximate surface area is 278 Å². The van der Waals surface area contributed by atoms with Crippen LogP contribution in [0.2, 0.25) is 0 Å². The number of piperidine rings is 1. The quantitative estimate of drug-likeness (QED) is 0.254. The maximum atomic E-state index is 14.4. The molecule has 0 saturated carbocycles. The van der Waals surface area contributed by atoms with Gasteiger partial charge in [0, 0.05) is 48.1 Å². The lowest BCUT2D eigenvalue weighted by Gasteiger charge is -2.29.